The highest BCUT2D eigenvalue weighted by Crippen LogP contribution is 2.24. The second-order valence-electron chi connectivity index (χ2n) is 7.38. The maximum absolute atomic E-state index is 12.2. The van der Waals surface area contributed by atoms with Crippen LogP contribution in [0.5, 0.6) is 0 Å². The summed E-state index contributed by atoms with van der Waals surface area (Å²) in [5.74, 6) is 1.46. The molecular weight excluding hydrogens is 424 g/mol. The van der Waals surface area contributed by atoms with E-state index in [0.717, 1.165) is 24.0 Å². The standard InChI is InChI=1S/C23H24N6O2S/c1-16-10-12-18(13-11-16)20-25-22(31-28-20)21-26-27-23(29(21)2)32-15-19(30)24-14-6-9-17-7-4-3-5-8-17/h3-5,7-8,10-13H,6,9,14-15H2,1-2H3,(H,24,30). The van der Waals surface area contributed by atoms with Crippen molar-refractivity contribution in [3.63, 3.8) is 0 Å². The molecule has 32 heavy (non-hydrogen) atoms. The number of rotatable bonds is 9. The summed E-state index contributed by atoms with van der Waals surface area (Å²) >= 11 is 1.32. The highest BCUT2D eigenvalue weighted by molar-refractivity contribution is 7.99. The van der Waals surface area contributed by atoms with Gasteiger partial charge in [0, 0.05) is 19.2 Å². The first-order valence-corrected chi connectivity index (χ1v) is 11.3. The van der Waals surface area contributed by atoms with Crippen LogP contribution in [0.2, 0.25) is 0 Å². The van der Waals surface area contributed by atoms with Crippen molar-refractivity contribution in [2.75, 3.05) is 12.3 Å². The van der Waals surface area contributed by atoms with Crippen molar-refractivity contribution in [2.24, 2.45) is 7.05 Å². The number of hydrogen-bond acceptors (Lipinski definition) is 7. The Kier molecular flexibility index (Phi) is 6.96. The number of aromatic nitrogens is 5. The number of carbonyl (C=O) groups excluding carboxylic acids is 1. The number of carbonyl (C=O) groups is 1. The van der Waals surface area contributed by atoms with Crippen molar-refractivity contribution in [3.8, 4) is 23.1 Å². The first-order valence-electron chi connectivity index (χ1n) is 10.3. The molecule has 8 nitrogen and oxygen atoms in total. The van der Waals surface area contributed by atoms with Crippen LogP contribution in [0.1, 0.15) is 17.5 Å². The molecule has 0 aliphatic heterocycles. The molecule has 0 spiro atoms. The minimum atomic E-state index is -0.0351. The van der Waals surface area contributed by atoms with Crippen LogP contribution in [0, 0.1) is 6.92 Å². The van der Waals surface area contributed by atoms with E-state index < -0.39 is 0 Å². The third-order valence-corrected chi connectivity index (χ3v) is 5.92. The number of nitrogens with one attached hydrogen (secondary N) is 1. The molecule has 0 aliphatic rings. The molecule has 0 saturated heterocycles. The minimum absolute atomic E-state index is 0.0351. The zero-order chi connectivity index (χ0) is 22.3. The average Bonchev–Trinajstić information content (AvgIpc) is 3.43. The maximum Gasteiger partial charge on any atom is 0.296 e. The molecule has 0 bridgehead atoms. The first-order chi connectivity index (χ1) is 15.6. The van der Waals surface area contributed by atoms with Crippen LogP contribution in [0.25, 0.3) is 23.1 Å². The van der Waals surface area contributed by atoms with Crippen LogP contribution in [-0.2, 0) is 18.3 Å². The van der Waals surface area contributed by atoms with Gasteiger partial charge in [0.1, 0.15) is 0 Å². The zero-order valence-electron chi connectivity index (χ0n) is 18.0. The summed E-state index contributed by atoms with van der Waals surface area (Å²) in [7, 11) is 1.81. The van der Waals surface area contributed by atoms with Crippen LogP contribution in [-0.4, -0.2) is 43.1 Å². The second kappa shape index (κ2) is 10.2. The fraction of sp³-hybridized carbons (Fsp3) is 0.261. The van der Waals surface area contributed by atoms with Gasteiger partial charge in [0.15, 0.2) is 5.16 Å². The summed E-state index contributed by atoms with van der Waals surface area (Å²) in [6.45, 7) is 2.66. The molecule has 0 fully saturated rings. The molecule has 2 aromatic heterocycles. The molecular formula is C23H24N6O2S. The lowest BCUT2D eigenvalue weighted by Gasteiger charge is -2.05. The van der Waals surface area contributed by atoms with E-state index in [0.29, 0.717) is 23.4 Å². The Labute approximate surface area is 190 Å². The van der Waals surface area contributed by atoms with Gasteiger partial charge in [-0.15, -0.1) is 10.2 Å². The molecule has 0 unspecified atom stereocenters. The normalized spacial score (nSPS) is 10.9. The first kappa shape index (κ1) is 21.8. The van der Waals surface area contributed by atoms with Crippen molar-refractivity contribution in [1.82, 2.24) is 30.2 Å². The van der Waals surface area contributed by atoms with Crippen LogP contribution in [0.4, 0.5) is 0 Å². The lowest BCUT2D eigenvalue weighted by molar-refractivity contribution is -0.118. The van der Waals surface area contributed by atoms with E-state index in [9.17, 15) is 4.79 Å². The van der Waals surface area contributed by atoms with E-state index in [4.69, 9.17) is 4.52 Å². The lowest BCUT2D eigenvalue weighted by Crippen LogP contribution is -2.26. The SMILES string of the molecule is Cc1ccc(-c2noc(-c3nnc(SCC(=O)NCCCc4ccccc4)n3C)n2)cc1. The smallest absolute Gasteiger partial charge is 0.296 e. The molecule has 1 N–H and O–H groups in total. The Morgan fingerprint density at radius 3 is 2.66 bits per heavy atom. The lowest BCUT2D eigenvalue weighted by atomic mass is 10.1. The Hall–Kier alpha value is -3.46. The van der Waals surface area contributed by atoms with E-state index >= 15 is 0 Å². The van der Waals surface area contributed by atoms with E-state index in [1.807, 2.05) is 56.4 Å². The van der Waals surface area contributed by atoms with Gasteiger partial charge in [-0.3, -0.25) is 4.79 Å². The van der Waals surface area contributed by atoms with Gasteiger partial charge in [-0.25, -0.2) is 0 Å². The van der Waals surface area contributed by atoms with Crippen molar-refractivity contribution in [1.29, 1.82) is 0 Å². The zero-order valence-corrected chi connectivity index (χ0v) is 18.8. The molecule has 0 atom stereocenters. The van der Waals surface area contributed by atoms with Crippen LogP contribution < -0.4 is 5.32 Å². The van der Waals surface area contributed by atoms with Crippen molar-refractivity contribution in [2.45, 2.75) is 24.9 Å². The molecule has 0 saturated carbocycles. The predicted molar refractivity (Wildman–Crippen MR) is 123 cm³/mol. The highest BCUT2D eigenvalue weighted by Gasteiger charge is 2.19. The van der Waals surface area contributed by atoms with E-state index in [1.54, 1.807) is 4.57 Å². The highest BCUT2D eigenvalue weighted by atomic mass is 32.2. The van der Waals surface area contributed by atoms with Crippen molar-refractivity contribution < 1.29 is 9.32 Å². The third kappa shape index (κ3) is 5.42. The summed E-state index contributed by atoms with van der Waals surface area (Å²) < 4.78 is 7.13. The number of benzene rings is 2. The number of thioether (sulfide) groups is 1. The monoisotopic (exact) mass is 448 g/mol. The summed E-state index contributed by atoms with van der Waals surface area (Å²) in [6, 6.07) is 18.1. The Morgan fingerprint density at radius 1 is 1.09 bits per heavy atom. The van der Waals surface area contributed by atoms with Gasteiger partial charge in [0.05, 0.1) is 5.75 Å². The predicted octanol–water partition coefficient (Wildman–Crippen LogP) is 3.68. The van der Waals surface area contributed by atoms with Gasteiger partial charge in [-0.05, 0) is 25.3 Å². The largest absolute Gasteiger partial charge is 0.355 e. The van der Waals surface area contributed by atoms with Crippen molar-refractivity contribution in [3.05, 3.63) is 65.7 Å². The minimum Gasteiger partial charge on any atom is -0.355 e. The maximum atomic E-state index is 12.2. The van der Waals surface area contributed by atoms with Gasteiger partial charge in [0.2, 0.25) is 17.6 Å². The third-order valence-electron chi connectivity index (χ3n) is 4.90. The van der Waals surface area contributed by atoms with Crippen LogP contribution in [0.3, 0.4) is 0 Å². The van der Waals surface area contributed by atoms with Crippen molar-refractivity contribution >= 4 is 17.7 Å². The fourth-order valence-electron chi connectivity index (χ4n) is 3.11. The number of aryl methyl sites for hydroxylation is 2. The molecule has 0 aliphatic carbocycles. The summed E-state index contributed by atoms with van der Waals surface area (Å²) in [5, 5.41) is 15.9. The molecule has 2 heterocycles. The topological polar surface area (TPSA) is 98.7 Å². The van der Waals surface area contributed by atoms with Gasteiger partial charge < -0.3 is 14.4 Å². The number of hydrogen-bond donors (Lipinski definition) is 1. The molecule has 0 radical (unpaired) electrons. The van der Waals surface area contributed by atoms with E-state index in [-0.39, 0.29) is 17.6 Å². The summed E-state index contributed by atoms with van der Waals surface area (Å²) in [5.41, 5.74) is 3.30. The summed E-state index contributed by atoms with van der Waals surface area (Å²) in [6.07, 6.45) is 1.84. The number of amides is 1. The molecule has 164 valence electrons. The Bertz CT molecular complexity index is 1170. The van der Waals surface area contributed by atoms with Crippen LogP contribution in [0.15, 0.2) is 64.3 Å². The molecule has 4 rings (SSSR count). The molecule has 1 amide bonds. The molecule has 4 aromatic rings. The Morgan fingerprint density at radius 2 is 1.88 bits per heavy atom. The van der Waals surface area contributed by atoms with Gasteiger partial charge >= 0.3 is 0 Å². The number of nitrogens with zero attached hydrogens (tertiary/aromatic N) is 5. The fourth-order valence-corrected chi connectivity index (χ4v) is 3.85. The average molecular weight is 449 g/mol. The van der Waals surface area contributed by atoms with Gasteiger partial charge in [0.25, 0.3) is 5.89 Å². The quantitative estimate of drug-likeness (QED) is 0.308. The Balaban J connectivity index is 1.28. The van der Waals surface area contributed by atoms with Gasteiger partial charge in [-0.1, -0.05) is 77.1 Å². The van der Waals surface area contributed by atoms with E-state index in [2.05, 4.69) is 37.8 Å². The summed E-state index contributed by atoms with van der Waals surface area (Å²) in [4.78, 5) is 16.6. The molecule has 9 heteroatoms. The van der Waals surface area contributed by atoms with Gasteiger partial charge in [-0.2, -0.15) is 4.98 Å². The van der Waals surface area contributed by atoms with E-state index in [1.165, 1.54) is 17.3 Å². The molecule has 2 aromatic carbocycles. The van der Waals surface area contributed by atoms with Crippen LogP contribution >= 0.6 is 11.8 Å². The second-order valence-corrected chi connectivity index (χ2v) is 8.32.